The Balaban J connectivity index is 0.00000280. The molecule has 2 N–H and O–H groups in total. The summed E-state index contributed by atoms with van der Waals surface area (Å²) in [7, 11) is 0. The number of hydrogen-bond acceptors (Lipinski definition) is 4. The van der Waals surface area contributed by atoms with Gasteiger partial charge in [-0.2, -0.15) is 18.3 Å². The zero-order chi connectivity index (χ0) is 19.3. The standard InChI is InChI=1S/C18H21F3N4O2.ClH/c19-18(20,21)13-3-1-5-15(11-13)27-10-8-23-17(26)16-6-9-25(24-16)14-4-2-7-22-12-14;/h1,3,5-6,9,11,14,22H,2,4,7-8,10,12H2,(H,23,26);1H. The molecule has 1 amide bonds. The Morgan fingerprint density at radius 1 is 1.36 bits per heavy atom. The number of piperidine rings is 1. The normalized spacial score (nSPS) is 16.9. The van der Waals surface area contributed by atoms with E-state index in [9.17, 15) is 18.0 Å². The van der Waals surface area contributed by atoms with Crippen molar-refractivity contribution >= 4 is 18.3 Å². The first-order valence-corrected chi connectivity index (χ1v) is 8.77. The first-order chi connectivity index (χ1) is 12.9. The van der Waals surface area contributed by atoms with Crippen LogP contribution in [0.15, 0.2) is 36.5 Å². The fraction of sp³-hybridized carbons (Fsp3) is 0.444. The van der Waals surface area contributed by atoms with Crippen molar-refractivity contribution in [3.05, 3.63) is 47.8 Å². The van der Waals surface area contributed by atoms with Crippen molar-refractivity contribution in [3.8, 4) is 5.75 Å². The van der Waals surface area contributed by atoms with Crippen molar-refractivity contribution in [2.75, 3.05) is 26.2 Å². The molecule has 0 aliphatic carbocycles. The van der Waals surface area contributed by atoms with Crippen molar-refractivity contribution < 1.29 is 22.7 Å². The molecule has 1 aliphatic rings. The molecule has 1 aromatic carbocycles. The Morgan fingerprint density at radius 3 is 2.89 bits per heavy atom. The molecule has 2 heterocycles. The van der Waals surface area contributed by atoms with Crippen LogP contribution < -0.4 is 15.4 Å². The van der Waals surface area contributed by atoms with Crippen molar-refractivity contribution in [1.82, 2.24) is 20.4 Å². The molecule has 0 saturated carbocycles. The van der Waals surface area contributed by atoms with Crippen LogP contribution >= 0.6 is 12.4 Å². The van der Waals surface area contributed by atoms with Gasteiger partial charge >= 0.3 is 6.18 Å². The Morgan fingerprint density at radius 2 is 2.18 bits per heavy atom. The number of amides is 1. The lowest BCUT2D eigenvalue weighted by Crippen LogP contribution is -2.32. The molecule has 154 valence electrons. The molecule has 0 bridgehead atoms. The molecule has 28 heavy (non-hydrogen) atoms. The zero-order valence-corrected chi connectivity index (χ0v) is 15.9. The fourth-order valence-corrected chi connectivity index (χ4v) is 2.91. The van der Waals surface area contributed by atoms with E-state index < -0.39 is 11.7 Å². The van der Waals surface area contributed by atoms with Crippen LogP contribution in [0.5, 0.6) is 5.75 Å². The molecular formula is C18H22ClF3N4O2. The van der Waals surface area contributed by atoms with Crippen LogP contribution in [0.2, 0.25) is 0 Å². The molecule has 1 aromatic heterocycles. The summed E-state index contributed by atoms with van der Waals surface area (Å²) in [6.45, 7) is 2.04. The molecule has 1 unspecified atom stereocenters. The maximum absolute atomic E-state index is 12.7. The van der Waals surface area contributed by atoms with Gasteiger partial charge in [-0.25, -0.2) is 0 Å². The van der Waals surface area contributed by atoms with Gasteiger partial charge in [-0.15, -0.1) is 12.4 Å². The van der Waals surface area contributed by atoms with E-state index in [2.05, 4.69) is 15.7 Å². The number of halogens is 4. The summed E-state index contributed by atoms with van der Waals surface area (Å²) in [6.07, 6.45) is -0.550. The Bertz CT molecular complexity index is 776. The third-order valence-electron chi connectivity index (χ3n) is 4.30. The predicted molar refractivity (Wildman–Crippen MR) is 99.9 cm³/mol. The van der Waals surface area contributed by atoms with Crippen molar-refractivity contribution in [2.45, 2.75) is 25.1 Å². The Kier molecular flexibility index (Phi) is 7.70. The van der Waals surface area contributed by atoms with Crippen LogP contribution in [-0.2, 0) is 6.18 Å². The first kappa shape index (κ1) is 22.0. The number of nitrogens with zero attached hydrogens (tertiary/aromatic N) is 2. The Labute approximate surface area is 166 Å². The summed E-state index contributed by atoms with van der Waals surface area (Å²) >= 11 is 0. The average Bonchev–Trinajstić information content (AvgIpc) is 3.16. The van der Waals surface area contributed by atoms with Crippen molar-refractivity contribution in [1.29, 1.82) is 0 Å². The number of hydrogen-bond donors (Lipinski definition) is 2. The quantitative estimate of drug-likeness (QED) is 0.707. The van der Waals surface area contributed by atoms with E-state index >= 15 is 0 Å². The van der Waals surface area contributed by atoms with Crippen LogP contribution in [0.1, 0.15) is 34.9 Å². The second kappa shape index (κ2) is 9.79. The van der Waals surface area contributed by atoms with Gasteiger partial charge in [-0.1, -0.05) is 6.07 Å². The summed E-state index contributed by atoms with van der Waals surface area (Å²) in [4.78, 5) is 12.1. The third kappa shape index (κ3) is 5.87. The second-order valence-corrected chi connectivity index (χ2v) is 6.31. The first-order valence-electron chi connectivity index (χ1n) is 8.77. The number of aromatic nitrogens is 2. The van der Waals surface area contributed by atoms with Gasteiger partial charge in [-0.05, 0) is 43.7 Å². The topological polar surface area (TPSA) is 68.2 Å². The third-order valence-corrected chi connectivity index (χ3v) is 4.30. The molecule has 0 spiro atoms. The van der Waals surface area contributed by atoms with Crippen LogP contribution in [0.3, 0.4) is 0 Å². The fourth-order valence-electron chi connectivity index (χ4n) is 2.91. The minimum absolute atomic E-state index is 0. The summed E-state index contributed by atoms with van der Waals surface area (Å²) < 4.78 is 45.1. The van der Waals surface area contributed by atoms with Gasteiger partial charge in [0.25, 0.3) is 5.91 Å². The second-order valence-electron chi connectivity index (χ2n) is 6.31. The van der Waals surface area contributed by atoms with Gasteiger partial charge in [0.05, 0.1) is 18.2 Å². The van der Waals surface area contributed by atoms with Crippen LogP contribution in [-0.4, -0.2) is 41.9 Å². The molecule has 1 aliphatic heterocycles. The number of alkyl halides is 3. The highest BCUT2D eigenvalue weighted by Gasteiger charge is 2.30. The molecule has 10 heteroatoms. The highest BCUT2D eigenvalue weighted by atomic mass is 35.5. The summed E-state index contributed by atoms with van der Waals surface area (Å²) in [5, 5.41) is 10.3. The smallest absolute Gasteiger partial charge is 0.416 e. The van der Waals surface area contributed by atoms with Crippen molar-refractivity contribution in [3.63, 3.8) is 0 Å². The van der Waals surface area contributed by atoms with E-state index in [1.807, 2.05) is 0 Å². The largest absolute Gasteiger partial charge is 0.492 e. The van der Waals surface area contributed by atoms with E-state index in [0.29, 0.717) is 5.69 Å². The van der Waals surface area contributed by atoms with E-state index in [1.54, 1.807) is 16.9 Å². The lowest BCUT2D eigenvalue weighted by atomic mass is 10.1. The van der Waals surface area contributed by atoms with Crippen LogP contribution in [0.4, 0.5) is 13.2 Å². The zero-order valence-electron chi connectivity index (χ0n) is 15.0. The minimum atomic E-state index is -4.42. The molecule has 1 saturated heterocycles. The van der Waals surface area contributed by atoms with Crippen molar-refractivity contribution in [2.24, 2.45) is 0 Å². The molecule has 1 fully saturated rings. The molecule has 2 aromatic rings. The number of benzene rings is 1. The van der Waals surface area contributed by atoms with Gasteiger partial charge in [0.2, 0.25) is 0 Å². The molecule has 0 radical (unpaired) electrons. The van der Waals surface area contributed by atoms with E-state index in [0.717, 1.165) is 38.1 Å². The van der Waals surface area contributed by atoms with E-state index in [1.165, 1.54) is 12.1 Å². The molecule has 6 nitrogen and oxygen atoms in total. The predicted octanol–water partition coefficient (Wildman–Crippen LogP) is 3.06. The lowest BCUT2D eigenvalue weighted by Gasteiger charge is -2.22. The molecule has 1 atom stereocenters. The summed E-state index contributed by atoms with van der Waals surface area (Å²) in [5.41, 5.74) is -0.466. The maximum Gasteiger partial charge on any atom is 0.416 e. The van der Waals surface area contributed by atoms with Gasteiger partial charge in [0.15, 0.2) is 0 Å². The number of nitrogens with one attached hydrogen (secondary N) is 2. The maximum atomic E-state index is 12.7. The monoisotopic (exact) mass is 418 g/mol. The lowest BCUT2D eigenvalue weighted by molar-refractivity contribution is -0.137. The molecular weight excluding hydrogens is 397 g/mol. The molecule has 3 rings (SSSR count). The van der Waals surface area contributed by atoms with E-state index in [4.69, 9.17) is 4.74 Å². The Hall–Kier alpha value is -2.26. The SMILES string of the molecule is Cl.O=C(NCCOc1cccc(C(F)(F)F)c1)c1ccn(C2CCCNC2)n1. The highest BCUT2D eigenvalue weighted by molar-refractivity contribution is 5.92. The number of rotatable bonds is 6. The van der Waals surface area contributed by atoms with Gasteiger partial charge in [0, 0.05) is 12.7 Å². The summed E-state index contributed by atoms with van der Waals surface area (Å²) in [6, 6.07) is 6.52. The van der Waals surface area contributed by atoms with Gasteiger partial charge < -0.3 is 15.4 Å². The number of ether oxygens (including phenoxy) is 1. The van der Waals surface area contributed by atoms with E-state index in [-0.39, 0.29) is 43.3 Å². The summed E-state index contributed by atoms with van der Waals surface area (Å²) in [5.74, 6) is -0.238. The van der Waals surface area contributed by atoms with Crippen LogP contribution in [0.25, 0.3) is 0 Å². The minimum Gasteiger partial charge on any atom is -0.492 e. The van der Waals surface area contributed by atoms with Crippen LogP contribution in [0, 0.1) is 0 Å². The van der Waals surface area contributed by atoms with Gasteiger partial charge in [-0.3, -0.25) is 9.48 Å². The van der Waals surface area contributed by atoms with Gasteiger partial charge in [0.1, 0.15) is 18.1 Å². The average molecular weight is 419 g/mol. The number of carbonyl (C=O) groups is 1. The number of carbonyl (C=O) groups excluding carboxylic acids is 1. The highest BCUT2D eigenvalue weighted by Crippen LogP contribution is 2.31.